The second-order valence-corrected chi connectivity index (χ2v) is 6.59. The molecular formula is C19H19N5O3. The normalized spacial score (nSPS) is 13.5. The first-order valence-electron chi connectivity index (χ1n) is 8.74. The number of carbonyl (C=O) groups is 1. The fraction of sp³-hybridized carbons (Fsp3) is 0.316. The topological polar surface area (TPSA) is 105 Å². The summed E-state index contributed by atoms with van der Waals surface area (Å²) in [6.45, 7) is 4.37. The number of nitrogens with one attached hydrogen (secondary N) is 1. The molecule has 0 atom stereocenters. The average molecular weight is 365 g/mol. The maximum atomic E-state index is 12.7. The zero-order valence-electron chi connectivity index (χ0n) is 15.2. The quantitative estimate of drug-likeness (QED) is 0.755. The van der Waals surface area contributed by atoms with Crippen molar-refractivity contribution < 1.29 is 9.21 Å². The van der Waals surface area contributed by atoms with E-state index in [4.69, 9.17) is 4.42 Å². The Morgan fingerprint density at radius 2 is 2.19 bits per heavy atom. The Labute approximate surface area is 155 Å². The highest BCUT2D eigenvalue weighted by Gasteiger charge is 2.26. The Morgan fingerprint density at radius 1 is 1.33 bits per heavy atom. The maximum absolute atomic E-state index is 12.7. The Bertz CT molecular complexity index is 1050. The number of nitrogens with zero attached hydrogens (tertiary/aromatic N) is 4. The van der Waals surface area contributed by atoms with E-state index < -0.39 is 0 Å². The predicted molar refractivity (Wildman–Crippen MR) is 96.9 cm³/mol. The molecule has 138 valence electrons. The molecule has 4 rings (SSSR count). The van der Waals surface area contributed by atoms with Gasteiger partial charge in [-0.05, 0) is 26.0 Å². The summed E-state index contributed by atoms with van der Waals surface area (Å²) in [6.07, 6.45) is 4.00. The minimum absolute atomic E-state index is 0.0249. The molecule has 4 heterocycles. The van der Waals surface area contributed by atoms with E-state index in [9.17, 15) is 9.59 Å². The summed E-state index contributed by atoms with van der Waals surface area (Å²) in [5.74, 6) is 1.73. The third-order valence-electron chi connectivity index (χ3n) is 4.66. The van der Waals surface area contributed by atoms with Crippen molar-refractivity contribution in [1.29, 1.82) is 0 Å². The van der Waals surface area contributed by atoms with Gasteiger partial charge in [0.15, 0.2) is 0 Å². The van der Waals surface area contributed by atoms with Crippen LogP contribution in [-0.2, 0) is 24.2 Å². The molecule has 1 aliphatic rings. The number of aromatic amines is 1. The number of H-pyrrole nitrogens is 1. The van der Waals surface area contributed by atoms with Gasteiger partial charge < -0.3 is 14.3 Å². The van der Waals surface area contributed by atoms with Crippen molar-refractivity contribution >= 4 is 5.91 Å². The number of oxazole rings is 1. The molecule has 3 aromatic heterocycles. The fourth-order valence-corrected chi connectivity index (χ4v) is 3.25. The van der Waals surface area contributed by atoms with Gasteiger partial charge >= 0.3 is 0 Å². The number of aryl methyl sites for hydroxylation is 2. The molecule has 8 nitrogen and oxygen atoms in total. The highest BCUT2D eigenvalue weighted by Crippen LogP contribution is 2.26. The fourth-order valence-electron chi connectivity index (χ4n) is 3.25. The molecule has 0 aliphatic carbocycles. The summed E-state index contributed by atoms with van der Waals surface area (Å²) in [5.41, 5.74) is 2.29. The molecule has 0 fully saturated rings. The molecule has 1 aliphatic heterocycles. The second-order valence-electron chi connectivity index (χ2n) is 6.59. The van der Waals surface area contributed by atoms with Crippen molar-refractivity contribution in [2.75, 3.05) is 6.54 Å². The summed E-state index contributed by atoms with van der Waals surface area (Å²) in [7, 11) is 0. The van der Waals surface area contributed by atoms with Crippen molar-refractivity contribution in [3.05, 3.63) is 63.4 Å². The van der Waals surface area contributed by atoms with Gasteiger partial charge in [0.05, 0.1) is 18.5 Å². The Morgan fingerprint density at radius 3 is 2.93 bits per heavy atom. The number of carbonyl (C=O) groups excluding carboxylic acids is 1. The molecule has 0 unspecified atom stereocenters. The first-order valence-corrected chi connectivity index (χ1v) is 8.74. The summed E-state index contributed by atoms with van der Waals surface area (Å²) in [5, 5.41) is 0. The van der Waals surface area contributed by atoms with E-state index in [0.29, 0.717) is 42.5 Å². The molecule has 0 saturated heterocycles. The number of amides is 1. The first kappa shape index (κ1) is 17.1. The monoisotopic (exact) mass is 365 g/mol. The molecule has 3 aromatic rings. The number of hydrogen-bond acceptors (Lipinski definition) is 6. The van der Waals surface area contributed by atoms with E-state index >= 15 is 0 Å². The van der Waals surface area contributed by atoms with Gasteiger partial charge in [-0.25, -0.2) is 9.97 Å². The van der Waals surface area contributed by atoms with Crippen LogP contribution in [0.4, 0.5) is 0 Å². The van der Waals surface area contributed by atoms with Crippen LogP contribution in [0.2, 0.25) is 0 Å². The van der Waals surface area contributed by atoms with Crippen molar-refractivity contribution in [2.45, 2.75) is 33.2 Å². The third-order valence-corrected chi connectivity index (χ3v) is 4.66. The van der Waals surface area contributed by atoms with E-state index in [1.807, 2.05) is 12.1 Å². The van der Waals surface area contributed by atoms with E-state index in [-0.39, 0.29) is 17.9 Å². The average Bonchev–Trinajstić information content (AvgIpc) is 3.08. The van der Waals surface area contributed by atoms with Crippen LogP contribution in [0.3, 0.4) is 0 Å². The smallest absolute Gasteiger partial charge is 0.254 e. The van der Waals surface area contributed by atoms with Gasteiger partial charge in [-0.15, -0.1) is 0 Å². The molecule has 0 spiro atoms. The Kier molecular flexibility index (Phi) is 4.31. The standard InChI is InChI=1S/C19H19N5O3/c1-11-14(18(26)22-12(2)21-11)8-17(25)24-7-5-16-15(10-24)23-19(27-16)13-4-3-6-20-9-13/h3-4,6,9H,5,7-8,10H2,1-2H3,(H,21,22,26). The van der Waals surface area contributed by atoms with Gasteiger partial charge in [-0.1, -0.05) is 0 Å². The van der Waals surface area contributed by atoms with Crippen LogP contribution in [0.1, 0.15) is 28.5 Å². The van der Waals surface area contributed by atoms with Crippen LogP contribution in [-0.4, -0.2) is 37.3 Å². The molecule has 0 radical (unpaired) electrons. The predicted octanol–water partition coefficient (Wildman–Crippen LogP) is 1.56. The van der Waals surface area contributed by atoms with Gasteiger partial charge in [0.1, 0.15) is 17.3 Å². The van der Waals surface area contributed by atoms with Crippen molar-refractivity contribution in [3.63, 3.8) is 0 Å². The van der Waals surface area contributed by atoms with Crippen molar-refractivity contribution in [2.24, 2.45) is 0 Å². The largest absolute Gasteiger partial charge is 0.441 e. The van der Waals surface area contributed by atoms with E-state index in [0.717, 1.165) is 17.0 Å². The van der Waals surface area contributed by atoms with E-state index in [1.165, 1.54) is 0 Å². The van der Waals surface area contributed by atoms with Crippen LogP contribution in [0.15, 0.2) is 33.7 Å². The SMILES string of the molecule is Cc1nc(C)c(CC(=O)N2CCc3oc(-c4cccnc4)nc3C2)c(=O)[nH]1. The zero-order valence-corrected chi connectivity index (χ0v) is 15.2. The van der Waals surface area contributed by atoms with Gasteiger partial charge in [0.25, 0.3) is 5.56 Å². The van der Waals surface area contributed by atoms with Crippen LogP contribution in [0.5, 0.6) is 0 Å². The third kappa shape index (κ3) is 3.38. The molecule has 27 heavy (non-hydrogen) atoms. The van der Waals surface area contributed by atoms with Crippen LogP contribution in [0, 0.1) is 13.8 Å². The molecule has 8 heteroatoms. The lowest BCUT2D eigenvalue weighted by molar-refractivity contribution is -0.131. The lowest BCUT2D eigenvalue weighted by atomic mass is 10.1. The number of rotatable bonds is 3. The summed E-state index contributed by atoms with van der Waals surface area (Å²) in [6, 6.07) is 3.70. The second kappa shape index (κ2) is 6.79. The van der Waals surface area contributed by atoms with E-state index in [2.05, 4.69) is 19.9 Å². The molecule has 0 saturated carbocycles. The number of aromatic nitrogens is 4. The molecule has 1 N–H and O–H groups in total. The summed E-state index contributed by atoms with van der Waals surface area (Å²) < 4.78 is 5.84. The Balaban J connectivity index is 1.52. The summed E-state index contributed by atoms with van der Waals surface area (Å²) in [4.78, 5) is 42.1. The minimum atomic E-state index is -0.258. The molecule has 0 bridgehead atoms. The van der Waals surface area contributed by atoms with Gasteiger partial charge in [-0.3, -0.25) is 14.6 Å². The highest BCUT2D eigenvalue weighted by molar-refractivity contribution is 5.79. The van der Waals surface area contributed by atoms with Crippen LogP contribution < -0.4 is 5.56 Å². The van der Waals surface area contributed by atoms with Crippen molar-refractivity contribution in [1.82, 2.24) is 24.8 Å². The lowest BCUT2D eigenvalue weighted by Crippen LogP contribution is -2.38. The Hall–Kier alpha value is -3.29. The zero-order chi connectivity index (χ0) is 19.0. The van der Waals surface area contributed by atoms with Gasteiger partial charge in [0.2, 0.25) is 11.8 Å². The molecule has 1 amide bonds. The number of fused-ring (bicyclic) bond motifs is 1. The van der Waals surface area contributed by atoms with Gasteiger partial charge in [-0.2, -0.15) is 0 Å². The minimum Gasteiger partial charge on any atom is -0.441 e. The van der Waals surface area contributed by atoms with Crippen LogP contribution in [0.25, 0.3) is 11.5 Å². The number of hydrogen-bond donors (Lipinski definition) is 1. The summed E-state index contributed by atoms with van der Waals surface area (Å²) >= 11 is 0. The van der Waals surface area contributed by atoms with Crippen LogP contribution >= 0.6 is 0 Å². The molecule has 0 aromatic carbocycles. The first-order chi connectivity index (χ1) is 13.0. The lowest BCUT2D eigenvalue weighted by Gasteiger charge is -2.25. The van der Waals surface area contributed by atoms with Gasteiger partial charge in [0, 0.05) is 36.6 Å². The number of pyridine rings is 1. The van der Waals surface area contributed by atoms with Crippen molar-refractivity contribution in [3.8, 4) is 11.5 Å². The maximum Gasteiger partial charge on any atom is 0.254 e. The van der Waals surface area contributed by atoms with E-state index in [1.54, 1.807) is 31.1 Å². The highest BCUT2D eigenvalue weighted by atomic mass is 16.4. The molecular weight excluding hydrogens is 346 g/mol.